The van der Waals surface area contributed by atoms with Gasteiger partial charge in [-0.25, -0.2) is 4.98 Å². The number of benzene rings is 1. The topological polar surface area (TPSA) is 59.2 Å². The Morgan fingerprint density at radius 2 is 2.15 bits per heavy atom. The van der Waals surface area contributed by atoms with Crippen LogP contribution >= 0.6 is 11.3 Å². The number of nitrogens with two attached hydrogens (primary N) is 1. The maximum atomic E-state index is 12.2. The minimum absolute atomic E-state index is 0.0512. The van der Waals surface area contributed by atoms with Crippen LogP contribution in [-0.4, -0.2) is 22.8 Å². The van der Waals surface area contributed by atoms with Gasteiger partial charge in [-0.05, 0) is 25.0 Å². The Hall–Kier alpha value is -1.88. The number of amides is 1. The molecule has 0 spiro atoms. The van der Waals surface area contributed by atoms with Crippen LogP contribution < -0.4 is 5.73 Å². The molecule has 4 nitrogen and oxygen atoms in total. The molecule has 0 saturated carbocycles. The van der Waals surface area contributed by atoms with E-state index >= 15 is 0 Å². The average Bonchev–Trinajstić information content (AvgIpc) is 2.78. The highest BCUT2D eigenvalue weighted by Crippen LogP contribution is 2.15. The van der Waals surface area contributed by atoms with Crippen LogP contribution in [0.5, 0.6) is 0 Å². The first-order chi connectivity index (χ1) is 9.45. The van der Waals surface area contributed by atoms with Gasteiger partial charge >= 0.3 is 0 Å². The molecule has 1 amide bonds. The van der Waals surface area contributed by atoms with Gasteiger partial charge in [-0.2, -0.15) is 0 Å². The summed E-state index contributed by atoms with van der Waals surface area (Å²) in [5.41, 5.74) is 9.93. The van der Waals surface area contributed by atoms with Gasteiger partial charge in [-0.15, -0.1) is 11.3 Å². The Kier molecular flexibility index (Phi) is 4.39. The lowest BCUT2D eigenvalue weighted by molar-refractivity contribution is -0.129. The van der Waals surface area contributed by atoms with Gasteiger partial charge in [0.15, 0.2) is 5.13 Å². The van der Waals surface area contributed by atoms with E-state index in [1.807, 2.05) is 12.4 Å². The lowest BCUT2D eigenvalue weighted by Gasteiger charge is -2.18. The fourth-order valence-corrected chi connectivity index (χ4v) is 2.62. The maximum absolute atomic E-state index is 12.2. The SMILES string of the molecule is Cc1ccc(CN(C)C(=O)Cc2csc(N)n2)c(C)c1. The second-order valence-corrected chi connectivity index (χ2v) is 5.92. The van der Waals surface area contributed by atoms with Gasteiger partial charge < -0.3 is 10.6 Å². The second-order valence-electron chi connectivity index (χ2n) is 5.03. The van der Waals surface area contributed by atoms with Crippen LogP contribution in [0.1, 0.15) is 22.4 Å². The molecular formula is C15H19N3OS. The number of hydrogen-bond acceptors (Lipinski definition) is 4. The van der Waals surface area contributed by atoms with Crippen molar-refractivity contribution in [2.45, 2.75) is 26.8 Å². The summed E-state index contributed by atoms with van der Waals surface area (Å²) in [5, 5.41) is 2.34. The Bertz CT molecular complexity index is 621. The number of nitrogens with zero attached hydrogens (tertiary/aromatic N) is 2. The fourth-order valence-electron chi connectivity index (χ4n) is 2.06. The van der Waals surface area contributed by atoms with Crippen molar-refractivity contribution in [3.05, 3.63) is 46.0 Å². The molecule has 2 rings (SSSR count). The summed E-state index contributed by atoms with van der Waals surface area (Å²) in [5.74, 6) is 0.0512. The van der Waals surface area contributed by atoms with E-state index < -0.39 is 0 Å². The van der Waals surface area contributed by atoms with Gasteiger partial charge in [-0.3, -0.25) is 4.79 Å². The maximum Gasteiger partial charge on any atom is 0.228 e. The van der Waals surface area contributed by atoms with Crippen molar-refractivity contribution in [1.29, 1.82) is 0 Å². The Morgan fingerprint density at radius 1 is 1.40 bits per heavy atom. The molecule has 0 fully saturated rings. The molecule has 1 heterocycles. The van der Waals surface area contributed by atoms with Crippen molar-refractivity contribution in [2.24, 2.45) is 0 Å². The number of nitrogen functional groups attached to an aromatic ring is 1. The highest BCUT2D eigenvalue weighted by atomic mass is 32.1. The Labute approximate surface area is 123 Å². The second kappa shape index (κ2) is 6.05. The van der Waals surface area contributed by atoms with Crippen molar-refractivity contribution in [2.75, 3.05) is 12.8 Å². The van der Waals surface area contributed by atoms with Crippen LogP contribution in [-0.2, 0) is 17.8 Å². The van der Waals surface area contributed by atoms with Crippen LogP contribution in [0.4, 0.5) is 5.13 Å². The van der Waals surface area contributed by atoms with E-state index in [9.17, 15) is 4.79 Å². The van der Waals surface area contributed by atoms with E-state index in [0.717, 1.165) is 5.69 Å². The Morgan fingerprint density at radius 3 is 2.75 bits per heavy atom. The minimum Gasteiger partial charge on any atom is -0.375 e. The van der Waals surface area contributed by atoms with E-state index in [2.05, 4.69) is 37.0 Å². The van der Waals surface area contributed by atoms with Crippen molar-refractivity contribution in [1.82, 2.24) is 9.88 Å². The van der Waals surface area contributed by atoms with Gasteiger partial charge in [-0.1, -0.05) is 23.8 Å². The van der Waals surface area contributed by atoms with Gasteiger partial charge in [0, 0.05) is 19.0 Å². The first-order valence-electron chi connectivity index (χ1n) is 6.45. The summed E-state index contributed by atoms with van der Waals surface area (Å²) in [4.78, 5) is 18.0. The summed E-state index contributed by atoms with van der Waals surface area (Å²) >= 11 is 1.36. The smallest absolute Gasteiger partial charge is 0.228 e. The molecule has 0 radical (unpaired) electrons. The molecule has 5 heteroatoms. The summed E-state index contributed by atoms with van der Waals surface area (Å²) in [6.07, 6.45) is 0.301. The number of likely N-dealkylation sites (N-methyl/N-ethyl adjacent to an activating group) is 1. The van der Waals surface area contributed by atoms with Crippen LogP contribution in [0.3, 0.4) is 0 Å². The first kappa shape index (κ1) is 14.5. The third kappa shape index (κ3) is 3.57. The highest BCUT2D eigenvalue weighted by molar-refractivity contribution is 7.13. The predicted molar refractivity (Wildman–Crippen MR) is 82.6 cm³/mol. The fraction of sp³-hybridized carbons (Fsp3) is 0.333. The molecule has 2 aromatic rings. The quantitative estimate of drug-likeness (QED) is 0.941. The number of carbonyl (C=O) groups excluding carboxylic acids is 1. The zero-order valence-corrected chi connectivity index (χ0v) is 12.8. The molecule has 20 heavy (non-hydrogen) atoms. The van der Waals surface area contributed by atoms with Gasteiger partial charge in [0.25, 0.3) is 0 Å². The van der Waals surface area contributed by atoms with Crippen molar-refractivity contribution >= 4 is 22.4 Å². The third-order valence-corrected chi connectivity index (χ3v) is 3.96. The third-order valence-electron chi connectivity index (χ3n) is 3.23. The molecule has 2 N–H and O–H groups in total. The van der Waals surface area contributed by atoms with Crippen LogP contribution in [0.2, 0.25) is 0 Å². The van der Waals surface area contributed by atoms with E-state index in [4.69, 9.17) is 5.73 Å². The molecule has 0 bridgehead atoms. The lowest BCUT2D eigenvalue weighted by atomic mass is 10.1. The highest BCUT2D eigenvalue weighted by Gasteiger charge is 2.13. The summed E-state index contributed by atoms with van der Waals surface area (Å²) in [7, 11) is 1.82. The largest absolute Gasteiger partial charge is 0.375 e. The zero-order valence-electron chi connectivity index (χ0n) is 12.0. The number of thiazole rings is 1. The summed E-state index contributed by atoms with van der Waals surface area (Å²) in [6.45, 7) is 4.75. The molecule has 0 aliphatic heterocycles. The molecular weight excluding hydrogens is 270 g/mol. The van der Waals surface area contributed by atoms with Crippen molar-refractivity contribution in [3.8, 4) is 0 Å². The summed E-state index contributed by atoms with van der Waals surface area (Å²) in [6, 6.07) is 6.28. The molecule has 0 unspecified atom stereocenters. The molecule has 106 valence electrons. The summed E-state index contributed by atoms with van der Waals surface area (Å²) < 4.78 is 0. The average molecular weight is 289 g/mol. The normalized spacial score (nSPS) is 10.6. The van der Waals surface area contributed by atoms with Crippen LogP contribution in [0, 0.1) is 13.8 Å². The lowest BCUT2D eigenvalue weighted by Crippen LogP contribution is -2.28. The minimum atomic E-state index is 0.0512. The number of anilines is 1. The standard InChI is InChI=1S/C15H19N3OS/c1-10-4-5-12(11(2)6-10)8-18(3)14(19)7-13-9-20-15(16)17-13/h4-6,9H,7-8H2,1-3H3,(H2,16,17). The number of aryl methyl sites for hydroxylation is 2. The van der Waals surface area contributed by atoms with E-state index in [0.29, 0.717) is 18.1 Å². The van der Waals surface area contributed by atoms with E-state index in [1.54, 1.807) is 4.90 Å². The molecule has 0 aliphatic carbocycles. The first-order valence-corrected chi connectivity index (χ1v) is 7.33. The zero-order chi connectivity index (χ0) is 14.7. The predicted octanol–water partition coefficient (Wildman–Crippen LogP) is 2.54. The van der Waals surface area contributed by atoms with Gasteiger partial charge in [0.2, 0.25) is 5.91 Å². The monoisotopic (exact) mass is 289 g/mol. The van der Waals surface area contributed by atoms with Crippen molar-refractivity contribution in [3.63, 3.8) is 0 Å². The number of aromatic nitrogens is 1. The van der Waals surface area contributed by atoms with E-state index in [1.165, 1.54) is 28.0 Å². The number of rotatable bonds is 4. The molecule has 0 saturated heterocycles. The van der Waals surface area contributed by atoms with Gasteiger partial charge in [0.1, 0.15) is 0 Å². The van der Waals surface area contributed by atoms with Gasteiger partial charge in [0.05, 0.1) is 12.1 Å². The molecule has 1 aromatic heterocycles. The molecule has 0 atom stereocenters. The number of hydrogen-bond donors (Lipinski definition) is 1. The Balaban J connectivity index is 2.00. The van der Waals surface area contributed by atoms with Crippen LogP contribution in [0.15, 0.2) is 23.6 Å². The van der Waals surface area contributed by atoms with E-state index in [-0.39, 0.29) is 5.91 Å². The van der Waals surface area contributed by atoms with Crippen molar-refractivity contribution < 1.29 is 4.79 Å². The molecule has 1 aromatic carbocycles. The van der Waals surface area contributed by atoms with Crippen LogP contribution in [0.25, 0.3) is 0 Å². The number of carbonyl (C=O) groups is 1. The molecule has 0 aliphatic rings.